The minimum absolute atomic E-state index is 0.0778. The van der Waals surface area contributed by atoms with E-state index in [0.717, 1.165) is 32.4 Å². The Morgan fingerprint density at radius 3 is 2.74 bits per heavy atom. The van der Waals surface area contributed by atoms with Crippen LogP contribution in [0.5, 0.6) is 0 Å². The van der Waals surface area contributed by atoms with Crippen LogP contribution in [0, 0.1) is 12.7 Å². The van der Waals surface area contributed by atoms with Gasteiger partial charge in [-0.3, -0.25) is 9.59 Å². The first kappa shape index (κ1) is 18.0. The maximum Gasteiger partial charge on any atom is 0.290 e. The molecule has 144 valence electrons. The molecular formula is C20H24FN3O3. The van der Waals surface area contributed by atoms with E-state index in [1.807, 2.05) is 4.90 Å². The van der Waals surface area contributed by atoms with Gasteiger partial charge in [0.15, 0.2) is 17.2 Å². The molecule has 2 N–H and O–H groups in total. The van der Waals surface area contributed by atoms with Gasteiger partial charge in [-0.2, -0.15) is 0 Å². The monoisotopic (exact) mass is 373 g/mol. The molecule has 0 bridgehead atoms. The molecule has 2 amide bonds. The molecular weight excluding hydrogens is 349 g/mol. The van der Waals surface area contributed by atoms with Crippen molar-refractivity contribution in [2.45, 2.75) is 44.7 Å². The third kappa shape index (κ3) is 3.00. The summed E-state index contributed by atoms with van der Waals surface area (Å²) in [6.45, 7) is 5.37. The molecule has 0 aliphatic carbocycles. The Balaban J connectivity index is 1.71. The summed E-state index contributed by atoms with van der Waals surface area (Å²) >= 11 is 0. The molecule has 1 atom stereocenters. The minimum atomic E-state index is -0.469. The quantitative estimate of drug-likeness (QED) is 0.848. The third-order valence-corrected chi connectivity index (χ3v) is 5.90. The number of hydrogen-bond acceptors (Lipinski definition) is 4. The van der Waals surface area contributed by atoms with Crippen molar-refractivity contribution < 1.29 is 18.4 Å². The van der Waals surface area contributed by atoms with Gasteiger partial charge in [0.05, 0.1) is 0 Å². The second kappa shape index (κ2) is 6.64. The van der Waals surface area contributed by atoms with Gasteiger partial charge in [0.25, 0.3) is 5.91 Å². The fraction of sp³-hybridized carbons (Fsp3) is 0.500. The van der Waals surface area contributed by atoms with Crippen molar-refractivity contribution >= 4 is 22.8 Å². The summed E-state index contributed by atoms with van der Waals surface area (Å²) in [5.74, 6) is -0.599. The topological polar surface area (TPSA) is 74.6 Å². The van der Waals surface area contributed by atoms with Gasteiger partial charge in [-0.1, -0.05) is 12.1 Å². The van der Waals surface area contributed by atoms with Crippen LogP contribution in [0.25, 0.3) is 11.0 Å². The van der Waals surface area contributed by atoms with E-state index in [2.05, 4.69) is 10.6 Å². The van der Waals surface area contributed by atoms with Crippen LogP contribution in [0.15, 0.2) is 22.6 Å². The first-order valence-electron chi connectivity index (χ1n) is 9.39. The average Bonchev–Trinajstić information content (AvgIpc) is 3.14. The fourth-order valence-electron chi connectivity index (χ4n) is 4.63. The van der Waals surface area contributed by atoms with Crippen molar-refractivity contribution in [2.24, 2.45) is 0 Å². The number of aryl methyl sites for hydroxylation is 1. The molecule has 2 aliphatic heterocycles. The number of likely N-dealkylation sites (tertiary alicyclic amines) is 1. The van der Waals surface area contributed by atoms with E-state index >= 15 is 0 Å². The number of furan rings is 1. The van der Waals surface area contributed by atoms with Crippen molar-refractivity contribution in [3.63, 3.8) is 0 Å². The summed E-state index contributed by atoms with van der Waals surface area (Å²) in [5, 5.41) is 6.91. The number of amides is 2. The van der Waals surface area contributed by atoms with Crippen LogP contribution in [0.1, 0.15) is 42.3 Å². The highest BCUT2D eigenvalue weighted by molar-refractivity contribution is 5.99. The molecule has 2 aromatic rings. The molecule has 7 heteroatoms. The van der Waals surface area contributed by atoms with E-state index in [-0.39, 0.29) is 34.7 Å². The summed E-state index contributed by atoms with van der Waals surface area (Å²) in [6, 6.07) is 4.63. The molecule has 6 nitrogen and oxygen atoms in total. The van der Waals surface area contributed by atoms with Crippen molar-refractivity contribution in [1.82, 2.24) is 15.5 Å². The molecule has 1 aromatic carbocycles. The zero-order chi connectivity index (χ0) is 19.2. The lowest BCUT2D eigenvalue weighted by Crippen LogP contribution is -2.53. The number of rotatable bonds is 2. The smallest absolute Gasteiger partial charge is 0.290 e. The zero-order valence-electron chi connectivity index (χ0n) is 15.6. The molecule has 2 fully saturated rings. The number of nitrogens with zero attached hydrogens (tertiary/aromatic N) is 1. The van der Waals surface area contributed by atoms with E-state index in [9.17, 15) is 14.0 Å². The lowest BCUT2D eigenvalue weighted by Gasteiger charge is -2.41. The summed E-state index contributed by atoms with van der Waals surface area (Å²) < 4.78 is 19.8. The third-order valence-electron chi connectivity index (χ3n) is 5.90. The van der Waals surface area contributed by atoms with E-state index in [0.29, 0.717) is 17.5 Å². The standard InChI is InChI=1S/C20H24FN3O3/c1-12-15-4-3-5-16(21)18(15)27-17(12)19(26)24-11-14(23-13(2)25)10-20(24)6-8-22-9-7-20/h3-5,14,22H,6-11H2,1-2H3,(H,23,25). The number of fused-ring (bicyclic) bond motifs is 1. The normalized spacial score (nSPS) is 21.7. The Labute approximate surface area is 157 Å². The summed E-state index contributed by atoms with van der Waals surface area (Å²) in [6.07, 6.45) is 2.37. The van der Waals surface area contributed by atoms with Gasteiger partial charge in [-0.05, 0) is 45.3 Å². The lowest BCUT2D eigenvalue weighted by atomic mass is 9.84. The molecule has 1 spiro atoms. The van der Waals surface area contributed by atoms with Gasteiger partial charge in [0.2, 0.25) is 5.91 Å². The van der Waals surface area contributed by atoms with Gasteiger partial charge in [-0.25, -0.2) is 4.39 Å². The van der Waals surface area contributed by atoms with E-state index in [4.69, 9.17) is 4.42 Å². The highest BCUT2D eigenvalue weighted by Crippen LogP contribution is 2.39. The molecule has 0 radical (unpaired) electrons. The van der Waals surface area contributed by atoms with Gasteiger partial charge in [0.1, 0.15) is 0 Å². The highest BCUT2D eigenvalue weighted by Gasteiger charge is 2.49. The number of carbonyl (C=O) groups excluding carboxylic acids is 2. The van der Waals surface area contributed by atoms with E-state index in [1.54, 1.807) is 19.1 Å². The summed E-state index contributed by atoms with van der Waals surface area (Å²) in [7, 11) is 0. The van der Waals surface area contributed by atoms with Gasteiger partial charge in [-0.15, -0.1) is 0 Å². The second-order valence-electron chi connectivity index (χ2n) is 7.66. The number of carbonyl (C=O) groups is 2. The average molecular weight is 373 g/mol. The fourth-order valence-corrected chi connectivity index (χ4v) is 4.63. The SMILES string of the molecule is CC(=O)NC1CN(C(=O)c2oc3c(F)cccc3c2C)C2(CCNCC2)C1. The number of hydrogen-bond donors (Lipinski definition) is 2. The van der Waals surface area contributed by atoms with Crippen LogP contribution < -0.4 is 10.6 Å². The number of nitrogens with one attached hydrogen (secondary N) is 2. The summed E-state index contributed by atoms with van der Waals surface area (Å²) in [5.41, 5.74) is 0.469. The van der Waals surface area contributed by atoms with Crippen LogP contribution in [0.2, 0.25) is 0 Å². The highest BCUT2D eigenvalue weighted by atomic mass is 19.1. The Kier molecular flexibility index (Phi) is 4.42. The molecule has 2 saturated heterocycles. The number of benzene rings is 1. The van der Waals surface area contributed by atoms with Gasteiger partial charge >= 0.3 is 0 Å². The molecule has 0 saturated carbocycles. The minimum Gasteiger partial charge on any atom is -0.448 e. The van der Waals surface area contributed by atoms with Crippen molar-refractivity contribution in [3.05, 3.63) is 35.3 Å². The molecule has 1 aromatic heterocycles. The Bertz CT molecular complexity index is 901. The molecule has 27 heavy (non-hydrogen) atoms. The first-order chi connectivity index (χ1) is 12.9. The Morgan fingerprint density at radius 2 is 2.07 bits per heavy atom. The summed E-state index contributed by atoms with van der Waals surface area (Å²) in [4.78, 5) is 26.8. The zero-order valence-corrected chi connectivity index (χ0v) is 15.6. The Morgan fingerprint density at radius 1 is 1.33 bits per heavy atom. The maximum atomic E-state index is 14.1. The van der Waals surface area contributed by atoms with Crippen LogP contribution in [0.3, 0.4) is 0 Å². The molecule has 1 unspecified atom stereocenters. The predicted molar refractivity (Wildman–Crippen MR) is 99.0 cm³/mol. The number of piperidine rings is 1. The van der Waals surface area contributed by atoms with Crippen LogP contribution in [-0.4, -0.2) is 47.9 Å². The maximum absolute atomic E-state index is 14.1. The predicted octanol–water partition coefficient (Wildman–Crippen LogP) is 2.35. The van der Waals surface area contributed by atoms with E-state index in [1.165, 1.54) is 13.0 Å². The Hall–Kier alpha value is -2.41. The van der Waals surface area contributed by atoms with Crippen LogP contribution in [0.4, 0.5) is 4.39 Å². The van der Waals surface area contributed by atoms with Crippen LogP contribution >= 0.6 is 0 Å². The van der Waals surface area contributed by atoms with Crippen molar-refractivity contribution in [3.8, 4) is 0 Å². The molecule has 4 rings (SSSR count). The molecule has 2 aliphatic rings. The van der Waals surface area contributed by atoms with Crippen molar-refractivity contribution in [2.75, 3.05) is 19.6 Å². The number of para-hydroxylation sites is 1. The second-order valence-corrected chi connectivity index (χ2v) is 7.66. The number of halogens is 1. The first-order valence-corrected chi connectivity index (χ1v) is 9.39. The molecule has 3 heterocycles. The van der Waals surface area contributed by atoms with Crippen LogP contribution in [-0.2, 0) is 4.79 Å². The van der Waals surface area contributed by atoms with E-state index < -0.39 is 5.82 Å². The van der Waals surface area contributed by atoms with Gasteiger partial charge < -0.3 is 20.0 Å². The lowest BCUT2D eigenvalue weighted by molar-refractivity contribution is -0.119. The van der Waals surface area contributed by atoms with Crippen molar-refractivity contribution in [1.29, 1.82) is 0 Å². The van der Waals surface area contributed by atoms with Gasteiger partial charge in [0, 0.05) is 36.0 Å². The largest absolute Gasteiger partial charge is 0.448 e.